The minimum absolute atomic E-state index is 0.157. The highest BCUT2D eigenvalue weighted by molar-refractivity contribution is 7.94. The number of anilines is 2. The molecule has 1 N–H and O–H groups in total. The Balaban J connectivity index is 1.54. The molecule has 31 heavy (non-hydrogen) atoms. The normalized spacial score (nSPS) is 17.4. The van der Waals surface area contributed by atoms with E-state index in [9.17, 15) is 13.2 Å². The summed E-state index contributed by atoms with van der Waals surface area (Å²) in [6.45, 7) is 6.38. The summed E-state index contributed by atoms with van der Waals surface area (Å²) >= 11 is 0. The average molecular weight is 444 g/mol. The summed E-state index contributed by atoms with van der Waals surface area (Å²) in [5.74, 6) is 0.459. The number of fused-ring (bicyclic) bond motifs is 1. The molecule has 0 atom stereocenters. The number of hydrogen-bond donors (Lipinski definition) is 1. The van der Waals surface area contributed by atoms with Crippen LogP contribution in [0.2, 0.25) is 0 Å². The maximum Gasteiger partial charge on any atom is 0.407 e. The van der Waals surface area contributed by atoms with E-state index in [1.807, 2.05) is 63.2 Å². The van der Waals surface area contributed by atoms with Crippen LogP contribution in [0.25, 0.3) is 11.1 Å². The van der Waals surface area contributed by atoms with Gasteiger partial charge in [-0.15, -0.1) is 0 Å². The number of ether oxygens (including phenoxy) is 1. The van der Waals surface area contributed by atoms with Gasteiger partial charge in [0.25, 0.3) is 0 Å². The summed E-state index contributed by atoms with van der Waals surface area (Å²) in [6.07, 6.45) is 1.72. The highest BCUT2D eigenvalue weighted by atomic mass is 32.2. The number of carbonyl (C=O) groups is 1. The van der Waals surface area contributed by atoms with Gasteiger partial charge in [-0.05, 0) is 74.4 Å². The molecule has 1 amide bonds. The number of nitrogens with one attached hydrogen (secondary N) is 1. The summed E-state index contributed by atoms with van der Waals surface area (Å²) in [4.78, 5) is 11.9. The molecule has 7 nitrogen and oxygen atoms in total. The number of benzene rings is 2. The summed E-state index contributed by atoms with van der Waals surface area (Å²) in [7, 11) is -1.92. The largest absolute Gasteiger partial charge is 0.445 e. The molecule has 0 aromatic heterocycles. The molecule has 1 saturated carbocycles. The van der Waals surface area contributed by atoms with Crippen molar-refractivity contribution in [1.29, 1.82) is 0 Å². The molecule has 1 heterocycles. The molecule has 1 aliphatic carbocycles. The minimum atomic E-state index is -3.52. The zero-order chi connectivity index (χ0) is 22.4. The average Bonchev–Trinajstić information content (AvgIpc) is 3.50. The molecular weight excluding hydrogens is 414 g/mol. The van der Waals surface area contributed by atoms with Crippen LogP contribution in [-0.2, 0) is 21.6 Å². The van der Waals surface area contributed by atoms with Crippen molar-refractivity contribution in [3.8, 4) is 11.1 Å². The lowest BCUT2D eigenvalue weighted by molar-refractivity contribution is 0.131. The van der Waals surface area contributed by atoms with E-state index in [2.05, 4.69) is 5.32 Å². The number of nitrogens with zero attached hydrogens (tertiary/aromatic N) is 2. The van der Waals surface area contributed by atoms with E-state index < -0.39 is 16.3 Å². The van der Waals surface area contributed by atoms with Gasteiger partial charge in [0.05, 0.1) is 11.4 Å². The van der Waals surface area contributed by atoms with Crippen LogP contribution in [0, 0.1) is 5.92 Å². The Labute approximate surface area is 184 Å². The molecule has 0 saturated heterocycles. The molecule has 2 aromatic carbocycles. The number of alkyl carbamates (subject to hydrolysis) is 1. The topological polar surface area (TPSA) is 79.0 Å². The SMILES string of the molecule is CN1c2cc(-c3cccc(COC(=O)NC(C)(C)C)c3)ccc2N(CC2CC2)S1(=O)=O. The fraction of sp³-hybridized carbons (Fsp3) is 0.435. The second kappa shape index (κ2) is 7.75. The highest BCUT2D eigenvalue weighted by Crippen LogP contribution is 2.44. The van der Waals surface area contributed by atoms with Gasteiger partial charge >= 0.3 is 16.3 Å². The fourth-order valence-electron chi connectivity index (χ4n) is 3.62. The van der Waals surface area contributed by atoms with Crippen molar-refractivity contribution in [2.75, 3.05) is 22.2 Å². The van der Waals surface area contributed by atoms with Gasteiger partial charge in [0.1, 0.15) is 6.61 Å². The standard InChI is InChI=1S/C23H29N3O4S/c1-23(2,3)24-22(27)30-15-17-6-5-7-18(12-17)19-10-11-20-21(13-19)25(4)31(28,29)26(20)14-16-8-9-16/h5-7,10-13,16H,8-9,14-15H2,1-4H3,(H,24,27). The van der Waals surface area contributed by atoms with Gasteiger partial charge in [0.2, 0.25) is 0 Å². The third-order valence-corrected chi connectivity index (χ3v) is 7.23. The van der Waals surface area contributed by atoms with Crippen LogP contribution < -0.4 is 13.9 Å². The molecule has 0 unspecified atom stereocenters. The van der Waals surface area contributed by atoms with E-state index >= 15 is 0 Å². The van der Waals surface area contributed by atoms with Crippen molar-refractivity contribution in [2.24, 2.45) is 5.92 Å². The first-order valence-corrected chi connectivity index (χ1v) is 11.9. The van der Waals surface area contributed by atoms with Gasteiger partial charge in [-0.25, -0.2) is 4.79 Å². The molecule has 166 valence electrons. The zero-order valence-corrected chi connectivity index (χ0v) is 19.2. The maximum absolute atomic E-state index is 12.9. The van der Waals surface area contributed by atoms with Crippen LogP contribution in [-0.4, -0.2) is 33.6 Å². The van der Waals surface area contributed by atoms with E-state index in [1.54, 1.807) is 7.05 Å². The summed E-state index contributed by atoms with van der Waals surface area (Å²) in [6, 6.07) is 13.5. The number of amides is 1. The fourth-order valence-corrected chi connectivity index (χ4v) is 5.11. The Hall–Kier alpha value is -2.74. The Morgan fingerprint density at radius 3 is 2.48 bits per heavy atom. The Morgan fingerprint density at radius 2 is 1.81 bits per heavy atom. The molecule has 1 fully saturated rings. The van der Waals surface area contributed by atoms with Crippen LogP contribution in [0.1, 0.15) is 39.2 Å². The predicted octanol–water partition coefficient (Wildman–Crippen LogP) is 4.29. The van der Waals surface area contributed by atoms with Gasteiger partial charge in [-0.1, -0.05) is 24.3 Å². The number of hydrogen-bond acceptors (Lipinski definition) is 4. The van der Waals surface area contributed by atoms with E-state index in [-0.39, 0.29) is 12.1 Å². The van der Waals surface area contributed by atoms with Gasteiger partial charge in [-0.3, -0.25) is 8.61 Å². The van der Waals surface area contributed by atoms with Crippen LogP contribution in [0.5, 0.6) is 0 Å². The quantitative estimate of drug-likeness (QED) is 0.748. The van der Waals surface area contributed by atoms with Gasteiger partial charge in [0, 0.05) is 19.1 Å². The summed E-state index contributed by atoms with van der Waals surface area (Å²) in [5.41, 5.74) is 3.77. The first kappa shape index (κ1) is 21.5. The lowest BCUT2D eigenvalue weighted by atomic mass is 10.0. The van der Waals surface area contributed by atoms with Gasteiger partial charge in [0.15, 0.2) is 0 Å². The van der Waals surface area contributed by atoms with Crippen molar-refractivity contribution in [3.63, 3.8) is 0 Å². The second-order valence-electron chi connectivity index (χ2n) is 9.30. The molecule has 0 radical (unpaired) electrons. The van der Waals surface area contributed by atoms with E-state index in [4.69, 9.17) is 4.74 Å². The first-order valence-electron chi connectivity index (χ1n) is 10.5. The maximum atomic E-state index is 12.9. The molecule has 0 bridgehead atoms. The van der Waals surface area contributed by atoms with Crippen LogP contribution in [0.4, 0.5) is 16.2 Å². The van der Waals surface area contributed by atoms with Crippen molar-refractivity contribution in [3.05, 3.63) is 48.0 Å². The lowest BCUT2D eigenvalue weighted by Crippen LogP contribution is -2.40. The smallest absolute Gasteiger partial charge is 0.407 e. The third kappa shape index (κ3) is 4.63. The highest BCUT2D eigenvalue weighted by Gasteiger charge is 2.40. The van der Waals surface area contributed by atoms with E-state index in [1.165, 1.54) is 8.61 Å². The third-order valence-electron chi connectivity index (χ3n) is 5.44. The molecule has 1 aliphatic heterocycles. The van der Waals surface area contributed by atoms with E-state index in [0.29, 0.717) is 18.2 Å². The molecular formula is C23H29N3O4S. The Morgan fingerprint density at radius 1 is 1.10 bits per heavy atom. The molecule has 8 heteroatoms. The Bertz CT molecular complexity index is 1100. The van der Waals surface area contributed by atoms with Crippen LogP contribution >= 0.6 is 0 Å². The zero-order valence-electron chi connectivity index (χ0n) is 18.4. The first-order chi connectivity index (χ1) is 14.5. The van der Waals surface area contributed by atoms with Gasteiger partial charge in [-0.2, -0.15) is 8.42 Å². The van der Waals surface area contributed by atoms with Crippen molar-refractivity contribution in [2.45, 2.75) is 45.8 Å². The van der Waals surface area contributed by atoms with Crippen molar-refractivity contribution in [1.82, 2.24) is 5.32 Å². The Kier molecular flexibility index (Phi) is 5.37. The van der Waals surface area contributed by atoms with Crippen molar-refractivity contribution < 1.29 is 17.9 Å². The predicted molar refractivity (Wildman–Crippen MR) is 122 cm³/mol. The minimum Gasteiger partial charge on any atom is -0.445 e. The number of carbonyl (C=O) groups excluding carboxylic acids is 1. The molecule has 2 aliphatic rings. The molecule has 4 rings (SSSR count). The number of rotatable bonds is 5. The molecule has 2 aromatic rings. The monoisotopic (exact) mass is 443 g/mol. The summed E-state index contributed by atoms with van der Waals surface area (Å²) < 4.78 is 33.9. The summed E-state index contributed by atoms with van der Waals surface area (Å²) in [5, 5.41) is 2.77. The van der Waals surface area contributed by atoms with Crippen LogP contribution in [0.3, 0.4) is 0 Å². The molecule has 0 spiro atoms. The van der Waals surface area contributed by atoms with Gasteiger partial charge < -0.3 is 10.1 Å². The van der Waals surface area contributed by atoms with Crippen molar-refractivity contribution >= 4 is 27.7 Å². The second-order valence-corrected chi connectivity index (χ2v) is 11.2. The van der Waals surface area contributed by atoms with Crippen LogP contribution in [0.15, 0.2) is 42.5 Å². The van der Waals surface area contributed by atoms with E-state index in [0.717, 1.165) is 35.2 Å². The lowest BCUT2D eigenvalue weighted by Gasteiger charge is -2.20.